The van der Waals surface area contributed by atoms with Crippen LogP contribution in [0.2, 0.25) is 10.0 Å². The molecule has 0 bridgehead atoms. The smallest absolute Gasteiger partial charge is 0.344 e. The maximum absolute atomic E-state index is 12.0. The number of urea groups is 1. The molecule has 2 rings (SSSR count). The minimum Gasteiger partial charge on any atom is -0.477 e. The molecule has 0 radical (unpaired) electrons. The van der Waals surface area contributed by atoms with E-state index >= 15 is 0 Å². The van der Waals surface area contributed by atoms with Gasteiger partial charge in [0, 0.05) is 18.2 Å². The van der Waals surface area contributed by atoms with Gasteiger partial charge in [-0.15, -0.1) is 0 Å². The molecule has 29 heavy (non-hydrogen) atoms. The molecule has 1 aromatic heterocycles. The van der Waals surface area contributed by atoms with Gasteiger partial charge in [0.2, 0.25) is 5.88 Å². The van der Waals surface area contributed by atoms with Crippen LogP contribution in [0.3, 0.4) is 0 Å². The highest BCUT2D eigenvalue weighted by Gasteiger charge is 2.23. The second kappa shape index (κ2) is 11.2. The van der Waals surface area contributed by atoms with Crippen molar-refractivity contribution in [2.45, 2.75) is 32.9 Å². The Labute approximate surface area is 182 Å². The zero-order valence-electron chi connectivity index (χ0n) is 15.9. The van der Waals surface area contributed by atoms with E-state index in [4.69, 9.17) is 27.9 Å². The lowest BCUT2D eigenvalue weighted by atomic mass is 10.2. The third kappa shape index (κ3) is 7.04. The van der Waals surface area contributed by atoms with Gasteiger partial charge >= 0.3 is 12.0 Å². The molecule has 1 heterocycles. The zero-order valence-corrected chi connectivity index (χ0v) is 18.2. The Kier molecular flexibility index (Phi) is 8.97. The summed E-state index contributed by atoms with van der Waals surface area (Å²) in [6, 6.07) is 4.92. The second-order valence-corrected chi connectivity index (χ2v) is 7.90. The highest BCUT2D eigenvalue weighted by Crippen LogP contribution is 2.32. The lowest BCUT2D eigenvalue weighted by Crippen LogP contribution is -2.32. The monoisotopic (exact) mass is 460 g/mol. The molecule has 2 amide bonds. The summed E-state index contributed by atoms with van der Waals surface area (Å²) in [5.41, 5.74) is 0.371. The zero-order chi connectivity index (χ0) is 21.4. The van der Waals surface area contributed by atoms with Crippen molar-refractivity contribution in [3.05, 3.63) is 39.4 Å². The van der Waals surface area contributed by atoms with Gasteiger partial charge in [-0.3, -0.25) is 5.32 Å². The molecule has 1 aromatic carbocycles. The van der Waals surface area contributed by atoms with Crippen LogP contribution in [0, 0.1) is 0 Å². The number of aromatic carboxylic acids is 1. The van der Waals surface area contributed by atoms with Gasteiger partial charge in [0.15, 0.2) is 5.56 Å². The molecule has 0 fully saturated rings. The number of hydrogen-bond donors (Lipinski definition) is 4. The average Bonchev–Trinajstić information content (AvgIpc) is 3.05. The molecule has 0 spiro atoms. The van der Waals surface area contributed by atoms with Crippen molar-refractivity contribution in [3.8, 4) is 5.88 Å². The van der Waals surface area contributed by atoms with Crippen LogP contribution in [0.15, 0.2) is 18.2 Å². The topological polar surface area (TPSA) is 113 Å². The minimum absolute atomic E-state index is 0.0160. The van der Waals surface area contributed by atoms with Crippen LogP contribution < -0.4 is 20.7 Å². The van der Waals surface area contributed by atoms with Crippen molar-refractivity contribution in [3.63, 3.8) is 0 Å². The van der Waals surface area contributed by atoms with E-state index in [2.05, 4.69) is 20.3 Å². The molecule has 0 aliphatic heterocycles. The molecule has 0 saturated heterocycles. The molecule has 4 N–H and O–H groups in total. The van der Waals surface area contributed by atoms with Crippen LogP contribution in [-0.2, 0) is 6.61 Å². The molecular weight excluding hydrogens is 439 g/mol. The van der Waals surface area contributed by atoms with E-state index in [9.17, 15) is 14.7 Å². The summed E-state index contributed by atoms with van der Waals surface area (Å²) in [7, 11) is 0. The first-order valence-electron chi connectivity index (χ1n) is 8.86. The Balaban J connectivity index is 1.96. The number of amides is 2. The summed E-state index contributed by atoms with van der Waals surface area (Å²) < 4.78 is 9.51. The number of carbonyl (C=O) groups is 2. The Morgan fingerprint density at radius 2 is 2.03 bits per heavy atom. The Hall–Kier alpha value is -2.07. The number of halogens is 2. The van der Waals surface area contributed by atoms with E-state index in [1.165, 1.54) is 0 Å². The van der Waals surface area contributed by atoms with Crippen LogP contribution in [0.25, 0.3) is 0 Å². The lowest BCUT2D eigenvalue weighted by molar-refractivity contribution is 0.0693. The molecule has 0 unspecified atom stereocenters. The molecule has 0 atom stereocenters. The number of ether oxygens (including phenoxy) is 1. The van der Waals surface area contributed by atoms with Crippen molar-refractivity contribution in [1.82, 2.24) is 15.0 Å². The van der Waals surface area contributed by atoms with Crippen molar-refractivity contribution >= 4 is 51.7 Å². The highest BCUT2D eigenvalue weighted by molar-refractivity contribution is 7.11. The van der Waals surface area contributed by atoms with Crippen LogP contribution in [0.4, 0.5) is 9.80 Å². The van der Waals surface area contributed by atoms with Gasteiger partial charge in [-0.2, -0.15) is 4.37 Å². The van der Waals surface area contributed by atoms with E-state index in [1.54, 1.807) is 18.2 Å². The van der Waals surface area contributed by atoms with Gasteiger partial charge in [-0.25, -0.2) is 9.59 Å². The molecule has 0 aliphatic carbocycles. The number of carboxylic acid groups (broad SMARTS) is 1. The van der Waals surface area contributed by atoms with E-state index < -0.39 is 12.0 Å². The van der Waals surface area contributed by atoms with Crippen molar-refractivity contribution < 1.29 is 19.4 Å². The second-order valence-electron chi connectivity index (χ2n) is 6.34. The average molecular weight is 461 g/mol. The van der Waals surface area contributed by atoms with E-state index in [0.717, 1.165) is 24.5 Å². The Morgan fingerprint density at radius 1 is 1.28 bits per heavy atom. The first-order valence-corrected chi connectivity index (χ1v) is 10.4. The third-order valence-electron chi connectivity index (χ3n) is 3.69. The van der Waals surface area contributed by atoms with Gasteiger partial charge in [0.1, 0.15) is 11.6 Å². The molecule has 158 valence electrons. The fourth-order valence-corrected chi connectivity index (χ4v) is 3.38. The van der Waals surface area contributed by atoms with Gasteiger partial charge in [0.25, 0.3) is 0 Å². The standard InChI is InChI=1S/C18H22Cl2N4O4S/c1-10(2)21-7-4-8-22-18(27)23-16-13(17(25)26)15(24-29-16)28-9-11-5-3-6-12(19)14(11)20/h3,5-6,10,21H,4,7-9H2,1-2H3,(H,25,26)(H2,22,23,27). The van der Waals surface area contributed by atoms with Crippen molar-refractivity contribution in [2.24, 2.45) is 0 Å². The summed E-state index contributed by atoms with van der Waals surface area (Å²) in [6.07, 6.45) is 0.745. The van der Waals surface area contributed by atoms with Gasteiger partial charge in [-0.05, 0) is 30.6 Å². The number of nitrogens with one attached hydrogen (secondary N) is 3. The Bertz CT molecular complexity index is 860. The van der Waals surface area contributed by atoms with E-state index in [0.29, 0.717) is 28.2 Å². The number of carboxylic acids is 1. The van der Waals surface area contributed by atoms with Crippen LogP contribution in [0.1, 0.15) is 36.2 Å². The maximum Gasteiger partial charge on any atom is 0.344 e. The normalized spacial score (nSPS) is 10.8. The number of rotatable bonds is 10. The molecule has 0 saturated carbocycles. The predicted octanol–water partition coefficient (Wildman–Crippen LogP) is 4.24. The van der Waals surface area contributed by atoms with Gasteiger partial charge in [0.05, 0.1) is 10.0 Å². The summed E-state index contributed by atoms with van der Waals surface area (Å²) in [5, 5.41) is 18.7. The first kappa shape index (κ1) is 23.2. The third-order valence-corrected chi connectivity index (χ3v) is 5.29. The number of aromatic nitrogens is 1. The van der Waals surface area contributed by atoms with Crippen LogP contribution in [0.5, 0.6) is 5.88 Å². The number of hydrogen-bond acceptors (Lipinski definition) is 6. The van der Waals surface area contributed by atoms with E-state index in [-0.39, 0.29) is 23.1 Å². The van der Waals surface area contributed by atoms with Crippen LogP contribution >= 0.6 is 34.7 Å². The van der Waals surface area contributed by atoms with Crippen molar-refractivity contribution in [1.29, 1.82) is 0 Å². The molecule has 8 nitrogen and oxygen atoms in total. The van der Waals surface area contributed by atoms with Crippen LogP contribution in [-0.4, -0.2) is 40.6 Å². The maximum atomic E-state index is 12.0. The predicted molar refractivity (Wildman–Crippen MR) is 115 cm³/mol. The lowest BCUT2D eigenvalue weighted by Gasteiger charge is -2.09. The largest absolute Gasteiger partial charge is 0.477 e. The fourth-order valence-electron chi connectivity index (χ4n) is 2.28. The van der Waals surface area contributed by atoms with E-state index in [1.807, 2.05) is 13.8 Å². The number of nitrogens with zero attached hydrogens (tertiary/aromatic N) is 1. The quantitative estimate of drug-likeness (QED) is 0.394. The molecule has 2 aromatic rings. The fraction of sp³-hybridized carbons (Fsp3) is 0.389. The summed E-state index contributed by atoms with van der Waals surface area (Å²) >= 11 is 12.9. The first-order chi connectivity index (χ1) is 13.8. The Morgan fingerprint density at radius 3 is 2.72 bits per heavy atom. The molecule has 11 heteroatoms. The number of benzene rings is 1. The SMILES string of the molecule is CC(C)NCCCNC(=O)Nc1snc(OCc2cccc(Cl)c2Cl)c1C(=O)O. The summed E-state index contributed by atoms with van der Waals surface area (Å²) in [5.74, 6) is -1.36. The number of anilines is 1. The molecular formula is C18H22Cl2N4O4S. The molecule has 0 aliphatic rings. The van der Waals surface area contributed by atoms with Gasteiger partial charge < -0.3 is 20.5 Å². The highest BCUT2D eigenvalue weighted by atomic mass is 35.5. The summed E-state index contributed by atoms with van der Waals surface area (Å²) in [4.78, 5) is 23.7. The minimum atomic E-state index is -1.26. The number of carbonyl (C=O) groups excluding carboxylic acids is 1. The van der Waals surface area contributed by atoms with Crippen molar-refractivity contribution in [2.75, 3.05) is 18.4 Å². The summed E-state index contributed by atoms with van der Waals surface area (Å²) in [6.45, 7) is 5.28. The van der Waals surface area contributed by atoms with Gasteiger partial charge in [-0.1, -0.05) is 49.2 Å².